The SMILES string of the molecule is [2H]C([2H])([2H])NC(=O)c1nnc(NC(=O)C2CC2)cc1Nc1nc(C)cc2c1N(C)[C@H](C)c1nn(C)nc1-2. The fraction of sp³-hybridized carbons (Fsp3) is 0.409. The number of nitrogens with zero attached hydrogens (tertiary/aromatic N) is 7. The van der Waals surface area contributed by atoms with E-state index in [1.54, 1.807) is 7.05 Å². The average Bonchev–Trinajstić information content (AvgIpc) is 3.57. The van der Waals surface area contributed by atoms with Gasteiger partial charge in [-0.2, -0.15) is 15.0 Å². The summed E-state index contributed by atoms with van der Waals surface area (Å²) in [5.41, 5.74) is 3.62. The Bertz CT molecular complexity index is 1420. The molecule has 1 aliphatic heterocycles. The quantitative estimate of drug-likeness (QED) is 0.515. The summed E-state index contributed by atoms with van der Waals surface area (Å²) < 4.78 is 22.2. The Hall–Kier alpha value is -4.09. The van der Waals surface area contributed by atoms with Crippen LogP contribution in [0.15, 0.2) is 12.1 Å². The van der Waals surface area contributed by atoms with Crippen LogP contribution in [0.3, 0.4) is 0 Å². The predicted octanol–water partition coefficient (Wildman–Crippen LogP) is 1.94. The zero-order chi connectivity index (χ0) is 26.6. The topological polar surface area (TPSA) is 143 Å². The highest BCUT2D eigenvalue weighted by Crippen LogP contribution is 2.46. The Morgan fingerprint density at radius 1 is 1.18 bits per heavy atom. The zero-order valence-corrected chi connectivity index (χ0v) is 19.2. The van der Waals surface area contributed by atoms with Crippen LogP contribution >= 0.6 is 0 Å². The lowest BCUT2D eigenvalue weighted by molar-refractivity contribution is -0.117. The molecule has 5 rings (SSSR count). The number of hydrogen-bond donors (Lipinski definition) is 3. The molecule has 0 saturated heterocycles. The first-order valence-corrected chi connectivity index (χ1v) is 10.9. The van der Waals surface area contributed by atoms with Crippen LogP contribution in [0.4, 0.5) is 23.0 Å². The standard InChI is InChI=1S/C22H26N10O2/c1-10-8-13-17-16(29-32(5)30-17)11(2)31(4)19(13)20(24-10)25-14-9-15(26-21(33)12-6-7-12)27-28-18(14)22(34)23-3/h8-9,11-12H,6-7H2,1-5H3,(H,23,34)(H2,24,25,26,27,33)/t11-/m1/s1/i3D3. The number of aromatic nitrogens is 6. The number of carbonyl (C=O) groups excluding carboxylic acids is 2. The summed E-state index contributed by atoms with van der Waals surface area (Å²) in [5, 5.41) is 24.7. The Morgan fingerprint density at radius 2 is 1.97 bits per heavy atom. The molecule has 2 aliphatic rings. The molecule has 176 valence electrons. The molecule has 4 heterocycles. The van der Waals surface area contributed by atoms with Gasteiger partial charge < -0.3 is 20.9 Å². The van der Waals surface area contributed by atoms with E-state index in [2.05, 4.69) is 36.0 Å². The maximum Gasteiger partial charge on any atom is 0.273 e. The molecule has 3 aromatic heterocycles. The van der Waals surface area contributed by atoms with Crippen molar-refractivity contribution in [2.75, 3.05) is 29.6 Å². The minimum atomic E-state index is -2.73. The molecular formula is C22H26N10O2. The molecule has 0 aromatic carbocycles. The second-order valence-electron chi connectivity index (χ2n) is 8.55. The van der Waals surface area contributed by atoms with Crippen molar-refractivity contribution in [1.82, 2.24) is 35.5 Å². The lowest BCUT2D eigenvalue weighted by Crippen LogP contribution is -2.28. The summed E-state index contributed by atoms with van der Waals surface area (Å²) in [6, 6.07) is 3.23. The summed E-state index contributed by atoms with van der Waals surface area (Å²) in [5.74, 6) is -0.678. The van der Waals surface area contributed by atoms with Gasteiger partial charge in [-0.05, 0) is 32.8 Å². The fourth-order valence-corrected chi connectivity index (χ4v) is 4.04. The van der Waals surface area contributed by atoms with E-state index in [9.17, 15) is 9.59 Å². The number of rotatable bonds is 5. The summed E-state index contributed by atoms with van der Waals surface area (Å²) in [4.78, 5) is 33.3. The van der Waals surface area contributed by atoms with Gasteiger partial charge in [0.15, 0.2) is 17.3 Å². The second kappa shape index (κ2) is 8.04. The summed E-state index contributed by atoms with van der Waals surface area (Å²) >= 11 is 0. The van der Waals surface area contributed by atoms with Crippen molar-refractivity contribution < 1.29 is 13.7 Å². The molecule has 2 amide bonds. The van der Waals surface area contributed by atoms with Gasteiger partial charge in [-0.25, -0.2) is 4.98 Å². The number of amides is 2. The lowest BCUT2D eigenvalue weighted by Gasteiger charge is -2.33. The molecule has 1 saturated carbocycles. The van der Waals surface area contributed by atoms with Crippen molar-refractivity contribution in [3.8, 4) is 11.3 Å². The van der Waals surface area contributed by atoms with Crippen molar-refractivity contribution in [2.24, 2.45) is 13.0 Å². The number of nitrogens with one attached hydrogen (secondary N) is 3. The maximum absolute atomic E-state index is 12.8. The zero-order valence-electron chi connectivity index (χ0n) is 22.2. The van der Waals surface area contributed by atoms with E-state index >= 15 is 0 Å². The van der Waals surface area contributed by atoms with Gasteiger partial charge in [-0.3, -0.25) is 9.59 Å². The number of anilines is 4. The summed E-state index contributed by atoms with van der Waals surface area (Å²) in [6.07, 6.45) is 1.61. The Balaban J connectivity index is 1.60. The Kier molecular flexibility index (Phi) is 4.34. The van der Waals surface area contributed by atoms with Crippen LogP contribution in [0.5, 0.6) is 0 Å². The molecule has 34 heavy (non-hydrogen) atoms. The first-order chi connectivity index (χ1) is 17.4. The smallest absolute Gasteiger partial charge is 0.273 e. The Labute approximate surface area is 200 Å². The molecule has 1 atom stereocenters. The van der Waals surface area contributed by atoms with E-state index in [1.807, 2.05) is 37.2 Å². The number of carbonyl (C=O) groups is 2. The third-order valence-electron chi connectivity index (χ3n) is 6.02. The van der Waals surface area contributed by atoms with Crippen LogP contribution in [0.25, 0.3) is 11.3 Å². The van der Waals surface area contributed by atoms with Gasteiger partial charge in [-0.15, -0.1) is 10.2 Å². The molecule has 0 unspecified atom stereocenters. The monoisotopic (exact) mass is 465 g/mol. The van der Waals surface area contributed by atoms with Gasteiger partial charge in [0, 0.05) is 48.4 Å². The normalized spacial score (nSPS) is 18.2. The van der Waals surface area contributed by atoms with E-state index in [0.717, 1.165) is 29.8 Å². The van der Waals surface area contributed by atoms with Crippen molar-refractivity contribution in [2.45, 2.75) is 32.7 Å². The molecular weight excluding hydrogens is 436 g/mol. The number of pyridine rings is 1. The minimum Gasteiger partial charge on any atom is -0.363 e. The van der Waals surface area contributed by atoms with Gasteiger partial charge in [-0.1, -0.05) is 0 Å². The van der Waals surface area contributed by atoms with E-state index in [1.165, 1.54) is 10.9 Å². The molecule has 1 fully saturated rings. The first kappa shape index (κ1) is 18.3. The second-order valence-corrected chi connectivity index (χ2v) is 8.55. The largest absolute Gasteiger partial charge is 0.363 e. The third-order valence-corrected chi connectivity index (χ3v) is 6.02. The molecule has 0 spiro atoms. The molecule has 3 aromatic rings. The van der Waals surface area contributed by atoms with E-state index < -0.39 is 12.9 Å². The molecule has 12 heteroatoms. The summed E-state index contributed by atoms with van der Waals surface area (Å²) in [7, 11) is 3.66. The highest BCUT2D eigenvalue weighted by Gasteiger charge is 2.34. The Morgan fingerprint density at radius 3 is 2.71 bits per heavy atom. The van der Waals surface area contributed by atoms with Crippen LogP contribution in [0, 0.1) is 12.8 Å². The van der Waals surface area contributed by atoms with E-state index in [4.69, 9.17) is 4.11 Å². The average molecular weight is 466 g/mol. The highest BCUT2D eigenvalue weighted by molar-refractivity contribution is 6.00. The fourth-order valence-electron chi connectivity index (χ4n) is 4.04. The predicted molar refractivity (Wildman–Crippen MR) is 126 cm³/mol. The third kappa shape index (κ3) is 3.70. The number of hydrogen-bond acceptors (Lipinski definition) is 9. The van der Waals surface area contributed by atoms with Crippen LogP contribution in [0.1, 0.15) is 51.8 Å². The van der Waals surface area contributed by atoms with Crippen molar-refractivity contribution in [3.05, 3.63) is 29.2 Å². The highest BCUT2D eigenvalue weighted by atomic mass is 16.2. The number of fused-ring (bicyclic) bond motifs is 3. The van der Waals surface area contributed by atoms with Crippen LogP contribution in [0.2, 0.25) is 0 Å². The molecule has 0 radical (unpaired) electrons. The van der Waals surface area contributed by atoms with Crippen LogP contribution in [-0.2, 0) is 11.8 Å². The first-order valence-electron chi connectivity index (χ1n) is 12.4. The van der Waals surface area contributed by atoms with Gasteiger partial charge in [0.1, 0.15) is 11.4 Å². The molecule has 0 bridgehead atoms. The lowest BCUT2D eigenvalue weighted by atomic mass is 9.98. The summed E-state index contributed by atoms with van der Waals surface area (Å²) in [6.45, 7) is 1.09. The van der Waals surface area contributed by atoms with E-state index in [0.29, 0.717) is 17.2 Å². The van der Waals surface area contributed by atoms with Crippen LogP contribution in [-0.4, -0.2) is 56.0 Å². The van der Waals surface area contributed by atoms with Gasteiger partial charge >= 0.3 is 0 Å². The molecule has 1 aliphatic carbocycles. The van der Waals surface area contributed by atoms with Gasteiger partial charge in [0.2, 0.25) is 5.91 Å². The van der Waals surface area contributed by atoms with Gasteiger partial charge in [0.25, 0.3) is 5.91 Å². The molecule has 3 N–H and O–H groups in total. The van der Waals surface area contributed by atoms with E-state index in [-0.39, 0.29) is 35.1 Å². The van der Waals surface area contributed by atoms with Crippen molar-refractivity contribution >= 4 is 34.8 Å². The van der Waals surface area contributed by atoms with Gasteiger partial charge in [0.05, 0.1) is 17.4 Å². The van der Waals surface area contributed by atoms with Crippen molar-refractivity contribution in [1.29, 1.82) is 0 Å². The maximum atomic E-state index is 12.8. The van der Waals surface area contributed by atoms with Crippen molar-refractivity contribution in [3.63, 3.8) is 0 Å². The number of aryl methyl sites for hydroxylation is 2. The molecule has 12 nitrogen and oxygen atoms in total. The minimum absolute atomic E-state index is 0.0708. The van der Waals surface area contributed by atoms with Crippen LogP contribution < -0.4 is 20.9 Å².